The summed E-state index contributed by atoms with van der Waals surface area (Å²) in [5.74, 6) is 0.0791. The molecule has 0 bridgehead atoms. The van der Waals surface area contributed by atoms with Gasteiger partial charge < -0.3 is 5.32 Å². The molecule has 0 atom stereocenters. The minimum Gasteiger partial charge on any atom is -0.351 e. The normalized spacial score (nSPS) is 11.3. The highest BCUT2D eigenvalue weighted by Gasteiger charge is 2.20. The summed E-state index contributed by atoms with van der Waals surface area (Å²) >= 11 is 13.6. The number of halogens is 3. The molecule has 2 N–H and O–H groups in total. The van der Waals surface area contributed by atoms with Crippen molar-refractivity contribution in [2.24, 2.45) is 0 Å². The van der Waals surface area contributed by atoms with Crippen molar-refractivity contribution in [2.75, 3.05) is 17.0 Å². The summed E-state index contributed by atoms with van der Waals surface area (Å²) < 4.78 is 42.1. The minimum atomic E-state index is -4.01. The molecular formula is C24H23Cl2FN2O3S2. The standard InChI is InChI=1S/C24H23Cl2FN2O3S2/c1-15-6-8-18(12-16(15)2)29-34(31,32)23-13-17(7-9-21(23)26)24(30)28-10-11-33-14-19-20(25)4-3-5-22(19)27/h3-9,12-13,29H,10-11,14H2,1-2H3,(H,28,30). The van der Waals surface area contributed by atoms with Gasteiger partial charge in [-0.2, -0.15) is 11.8 Å². The third kappa shape index (κ3) is 6.66. The largest absolute Gasteiger partial charge is 0.351 e. The Labute approximate surface area is 213 Å². The Hall–Kier alpha value is -2.26. The fourth-order valence-corrected chi connectivity index (χ4v) is 5.82. The molecule has 0 saturated heterocycles. The van der Waals surface area contributed by atoms with Crippen LogP contribution in [0.3, 0.4) is 0 Å². The number of benzene rings is 3. The van der Waals surface area contributed by atoms with Crippen LogP contribution in [0.25, 0.3) is 0 Å². The van der Waals surface area contributed by atoms with Crippen molar-refractivity contribution in [2.45, 2.75) is 24.5 Å². The lowest BCUT2D eigenvalue weighted by molar-refractivity contribution is 0.0956. The average Bonchev–Trinajstić information content (AvgIpc) is 2.77. The van der Waals surface area contributed by atoms with Gasteiger partial charge in [0, 0.05) is 39.9 Å². The summed E-state index contributed by atoms with van der Waals surface area (Å²) in [5, 5.41) is 3.10. The molecule has 3 rings (SSSR count). The molecule has 1 amide bonds. The van der Waals surface area contributed by atoms with Crippen LogP contribution in [0.1, 0.15) is 27.0 Å². The smallest absolute Gasteiger partial charge is 0.263 e. The zero-order valence-corrected chi connectivity index (χ0v) is 21.6. The number of aryl methyl sites for hydroxylation is 2. The van der Waals surface area contributed by atoms with Crippen molar-refractivity contribution < 1.29 is 17.6 Å². The van der Waals surface area contributed by atoms with Crippen molar-refractivity contribution in [1.82, 2.24) is 5.32 Å². The number of thioether (sulfide) groups is 1. The molecule has 0 aliphatic carbocycles. The molecule has 5 nitrogen and oxygen atoms in total. The summed E-state index contributed by atoms with van der Waals surface area (Å²) in [6.07, 6.45) is 0. The van der Waals surface area contributed by atoms with Gasteiger partial charge in [0.05, 0.1) is 5.02 Å². The number of carbonyl (C=O) groups excluding carboxylic acids is 1. The van der Waals surface area contributed by atoms with Crippen molar-refractivity contribution in [1.29, 1.82) is 0 Å². The van der Waals surface area contributed by atoms with Crippen molar-refractivity contribution >= 4 is 56.6 Å². The molecule has 34 heavy (non-hydrogen) atoms. The van der Waals surface area contributed by atoms with E-state index in [0.717, 1.165) is 11.1 Å². The highest BCUT2D eigenvalue weighted by atomic mass is 35.5. The van der Waals surface area contributed by atoms with E-state index in [1.807, 2.05) is 19.9 Å². The fourth-order valence-electron chi connectivity index (χ4n) is 3.05. The summed E-state index contributed by atoms with van der Waals surface area (Å²) in [4.78, 5) is 12.4. The molecule has 0 aliphatic heterocycles. The number of nitrogens with one attached hydrogen (secondary N) is 2. The lowest BCUT2D eigenvalue weighted by Gasteiger charge is -2.12. The van der Waals surface area contributed by atoms with E-state index in [1.165, 1.54) is 36.0 Å². The maximum atomic E-state index is 13.8. The quantitative estimate of drug-likeness (QED) is 0.316. The summed E-state index contributed by atoms with van der Waals surface area (Å²) in [6.45, 7) is 4.12. The second-order valence-corrected chi connectivity index (χ2v) is 11.1. The van der Waals surface area contributed by atoms with Crippen LogP contribution < -0.4 is 10.0 Å². The van der Waals surface area contributed by atoms with Crippen LogP contribution >= 0.6 is 35.0 Å². The Morgan fingerprint density at radius 3 is 2.47 bits per heavy atom. The van der Waals surface area contributed by atoms with Crippen LogP contribution in [0, 0.1) is 19.7 Å². The second-order valence-electron chi connectivity index (χ2n) is 7.56. The van der Waals surface area contributed by atoms with Gasteiger partial charge in [0.15, 0.2) is 0 Å². The number of hydrogen-bond acceptors (Lipinski definition) is 4. The molecule has 0 aromatic heterocycles. The third-order valence-corrected chi connectivity index (χ3v) is 8.28. The molecule has 180 valence electrons. The van der Waals surface area contributed by atoms with E-state index >= 15 is 0 Å². The van der Waals surface area contributed by atoms with Crippen molar-refractivity contribution in [3.8, 4) is 0 Å². The van der Waals surface area contributed by atoms with E-state index < -0.39 is 15.9 Å². The molecule has 10 heteroatoms. The second kappa shape index (κ2) is 11.4. The number of carbonyl (C=O) groups is 1. The molecule has 3 aromatic rings. The van der Waals surface area contributed by atoms with Gasteiger partial charge >= 0.3 is 0 Å². The Morgan fingerprint density at radius 2 is 1.76 bits per heavy atom. The first-order valence-electron chi connectivity index (χ1n) is 10.3. The Kier molecular flexibility index (Phi) is 8.87. The maximum absolute atomic E-state index is 13.8. The Morgan fingerprint density at radius 1 is 1.00 bits per heavy atom. The van der Waals surface area contributed by atoms with E-state index in [2.05, 4.69) is 10.0 Å². The maximum Gasteiger partial charge on any atom is 0.263 e. The van der Waals surface area contributed by atoms with Crippen LogP contribution in [-0.2, 0) is 15.8 Å². The van der Waals surface area contributed by atoms with Gasteiger partial charge in [-0.3, -0.25) is 9.52 Å². The fraction of sp³-hybridized carbons (Fsp3) is 0.208. The monoisotopic (exact) mass is 540 g/mol. The average molecular weight is 541 g/mol. The molecule has 0 spiro atoms. The number of amides is 1. The molecule has 3 aromatic carbocycles. The van der Waals surface area contributed by atoms with E-state index in [9.17, 15) is 17.6 Å². The summed E-state index contributed by atoms with van der Waals surface area (Å²) in [6, 6.07) is 13.8. The molecule has 0 radical (unpaired) electrons. The molecule has 0 fully saturated rings. The number of hydrogen-bond donors (Lipinski definition) is 2. The first-order chi connectivity index (χ1) is 16.1. The predicted molar refractivity (Wildman–Crippen MR) is 138 cm³/mol. The summed E-state index contributed by atoms with van der Waals surface area (Å²) in [7, 11) is -4.01. The van der Waals surface area contributed by atoms with Crippen LogP contribution in [0.5, 0.6) is 0 Å². The van der Waals surface area contributed by atoms with Gasteiger partial charge in [0.25, 0.3) is 15.9 Å². The van der Waals surface area contributed by atoms with Gasteiger partial charge in [-0.05, 0) is 67.4 Å². The summed E-state index contributed by atoms with van der Waals surface area (Å²) in [5.41, 5.74) is 2.96. The molecular weight excluding hydrogens is 518 g/mol. The van der Waals surface area contributed by atoms with Crippen LogP contribution in [0.2, 0.25) is 10.0 Å². The third-order valence-electron chi connectivity index (χ3n) is 5.08. The number of sulfonamides is 1. The Balaban J connectivity index is 1.62. The molecule has 0 unspecified atom stereocenters. The van der Waals surface area contributed by atoms with Gasteiger partial charge in [-0.1, -0.05) is 35.3 Å². The SMILES string of the molecule is Cc1ccc(NS(=O)(=O)c2cc(C(=O)NCCSCc3c(F)cccc3Cl)ccc2Cl)cc1C. The highest BCUT2D eigenvalue weighted by molar-refractivity contribution is 7.98. The highest BCUT2D eigenvalue weighted by Crippen LogP contribution is 2.26. The van der Waals surface area contributed by atoms with E-state index in [1.54, 1.807) is 24.3 Å². The zero-order valence-electron chi connectivity index (χ0n) is 18.5. The molecule has 0 heterocycles. The topological polar surface area (TPSA) is 75.3 Å². The van der Waals surface area contributed by atoms with E-state index in [4.69, 9.17) is 23.2 Å². The number of rotatable bonds is 9. The minimum absolute atomic E-state index is 0.00482. The lowest BCUT2D eigenvalue weighted by atomic mass is 10.1. The van der Waals surface area contributed by atoms with Crippen molar-refractivity contribution in [3.63, 3.8) is 0 Å². The molecule has 0 aliphatic rings. The lowest BCUT2D eigenvalue weighted by Crippen LogP contribution is -2.26. The first-order valence-corrected chi connectivity index (χ1v) is 13.7. The number of anilines is 1. The van der Waals surface area contributed by atoms with Gasteiger partial charge in [-0.25, -0.2) is 12.8 Å². The van der Waals surface area contributed by atoms with Gasteiger partial charge in [0.1, 0.15) is 10.7 Å². The first kappa shape index (κ1) is 26.3. The van der Waals surface area contributed by atoms with Crippen molar-refractivity contribution in [3.05, 3.63) is 92.7 Å². The van der Waals surface area contributed by atoms with E-state index in [-0.39, 0.29) is 21.3 Å². The van der Waals surface area contributed by atoms with Gasteiger partial charge in [0.2, 0.25) is 0 Å². The zero-order chi connectivity index (χ0) is 24.9. The predicted octanol–water partition coefficient (Wildman–Crippen LogP) is 6.21. The van der Waals surface area contributed by atoms with Gasteiger partial charge in [-0.15, -0.1) is 0 Å². The van der Waals surface area contributed by atoms with Crippen LogP contribution in [-0.4, -0.2) is 26.6 Å². The Bertz CT molecular complexity index is 1300. The molecule has 0 saturated carbocycles. The van der Waals surface area contributed by atoms with E-state index in [0.29, 0.717) is 34.3 Å². The van der Waals surface area contributed by atoms with Crippen LogP contribution in [0.4, 0.5) is 10.1 Å². The van der Waals surface area contributed by atoms with Crippen LogP contribution in [0.15, 0.2) is 59.5 Å².